The molecule has 0 radical (unpaired) electrons. The molecule has 1 N–H and O–H groups in total. The molecule has 3 heterocycles. The van der Waals surface area contributed by atoms with Crippen LogP contribution in [-0.2, 0) is 4.74 Å². The molecule has 2 aromatic rings. The van der Waals surface area contributed by atoms with Crippen LogP contribution in [0.15, 0.2) is 18.5 Å². The van der Waals surface area contributed by atoms with Gasteiger partial charge in [-0.15, -0.1) is 10.2 Å². The molecular weight excluding hydrogens is 252 g/mol. The Labute approximate surface area is 110 Å². The number of hydrogen-bond acceptors (Lipinski definition) is 5. The molecule has 0 saturated carbocycles. The molecule has 0 aromatic carbocycles. The molecule has 0 bridgehead atoms. The zero-order valence-electron chi connectivity index (χ0n) is 10.1. The van der Waals surface area contributed by atoms with Crippen LogP contribution in [0.1, 0.15) is 20.3 Å². The molecule has 1 saturated heterocycles. The highest BCUT2D eigenvalue weighted by Crippen LogP contribution is 2.33. The highest BCUT2D eigenvalue weighted by atomic mass is 35.5. The van der Waals surface area contributed by atoms with E-state index in [1.165, 1.54) is 0 Å². The van der Waals surface area contributed by atoms with Gasteiger partial charge in [0, 0.05) is 29.6 Å². The van der Waals surface area contributed by atoms with Crippen molar-refractivity contribution in [1.29, 1.82) is 0 Å². The molecule has 6 heteroatoms. The predicted octanol–water partition coefficient (Wildman–Crippen LogP) is 2.62. The minimum absolute atomic E-state index is 0.0288. The van der Waals surface area contributed by atoms with Crippen molar-refractivity contribution in [2.24, 2.45) is 0 Å². The lowest BCUT2D eigenvalue weighted by Crippen LogP contribution is -2.49. The Morgan fingerprint density at radius 3 is 2.89 bits per heavy atom. The number of nitrogens with zero attached hydrogens (tertiary/aromatic N) is 3. The number of aromatic nitrogens is 3. The zero-order valence-corrected chi connectivity index (χ0v) is 10.9. The number of rotatable bonds is 2. The van der Waals surface area contributed by atoms with Crippen molar-refractivity contribution in [3.63, 3.8) is 0 Å². The van der Waals surface area contributed by atoms with Crippen molar-refractivity contribution < 1.29 is 4.74 Å². The summed E-state index contributed by atoms with van der Waals surface area (Å²) >= 11 is 6.00. The lowest BCUT2D eigenvalue weighted by molar-refractivity contribution is -0.170. The predicted molar refractivity (Wildman–Crippen MR) is 69.5 cm³/mol. The maximum atomic E-state index is 6.00. The van der Waals surface area contributed by atoms with Gasteiger partial charge in [0.1, 0.15) is 6.23 Å². The minimum Gasteiger partial charge on any atom is -0.352 e. The normalized spacial score (nSPS) is 21.6. The monoisotopic (exact) mass is 264 g/mol. The summed E-state index contributed by atoms with van der Waals surface area (Å²) in [4.78, 5) is 4.09. The molecule has 1 unspecified atom stereocenters. The second-order valence-corrected chi connectivity index (χ2v) is 5.33. The molecule has 0 spiro atoms. The molecule has 0 aliphatic carbocycles. The number of hydrogen-bond donors (Lipinski definition) is 1. The number of pyridine rings is 1. The third kappa shape index (κ3) is 2.00. The number of fused-ring (bicyclic) bond motifs is 1. The summed E-state index contributed by atoms with van der Waals surface area (Å²) in [6.07, 6.45) is 4.31. The molecule has 18 heavy (non-hydrogen) atoms. The third-order valence-corrected chi connectivity index (χ3v) is 3.25. The van der Waals surface area contributed by atoms with Gasteiger partial charge in [-0.2, -0.15) is 0 Å². The lowest BCUT2D eigenvalue weighted by atomic mass is 9.97. The van der Waals surface area contributed by atoms with Gasteiger partial charge in [0.05, 0.1) is 5.60 Å². The van der Waals surface area contributed by atoms with Gasteiger partial charge in [0.25, 0.3) is 0 Å². The van der Waals surface area contributed by atoms with E-state index in [9.17, 15) is 0 Å². The van der Waals surface area contributed by atoms with E-state index in [1.807, 2.05) is 6.07 Å². The molecule has 2 aromatic heterocycles. The summed E-state index contributed by atoms with van der Waals surface area (Å²) in [6, 6.07) is 1.82. The molecule has 3 rings (SSSR count). The van der Waals surface area contributed by atoms with E-state index in [1.54, 1.807) is 12.4 Å². The SMILES string of the molecule is CC1(C)CC(Nc2nnc(Cl)c3ccncc23)O1. The highest BCUT2D eigenvalue weighted by Gasteiger charge is 2.37. The van der Waals surface area contributed by atoms with Crippen molar-refractivity contribution in [3.8, 4) is 0 Å². The Hall–Kier alpha value is -1.46. The Morgan fingerprint density at radius 2 is 2.17 bits per heavy atom. The van der Waals surface area contributed by atoms with Crippen LogP contribution in [-0.4, -0.2) is 27.0 Å². The van der Waals surface area contributed by atoms with E-state index in [4.69, 9.17) is 16.3 Å². The molecule has 1 fully saturated rings. The second kappa shape index (κ2) is 4.03. The van der Waals surface area contributed by atoms with Crippen molar-refractivity contribution >= 4 is 28.2 Å². The van der Waals surface area contributed by atoms with E-state index in [0.29, 0.717) is 11.0 Å². The fourth-order valence-corrected chi connectivity index (χ4v) is 2.33. The van der Waals surface area contributed by atoms with Gasteiger partial charge in [-0.05, 0) is 19.9 Å². The number of ether oxygens (including phenoxy) is 1. The van der Waals surface area contributed by atoms with Crippen LogP contribution in [0, 0.1) is 0 Å². The van der Waals surface area contributed by atoms with Gasteiger partial charge < -0.3 is 10.1 Å². The summed E-state index contributed by atoms with van der Waals surface area (Å²) in [6.45, 7) is 4.11. The minimum atomic E-state index is -0.0639. The number of anilines is 1. The van der Waals surface area contributed by atoms with E-state index in [0.717, 1.165) is 17.2 Å². The van der Waals surface area contributed by atoms with Crippen LogP contribution in [0.5, 0.6) is 0 Å². The smallest absolute Gasteiger partial charge is 0.160 e. The average Bonchev–Trinajstić information content (AvgIpc) is 2.31. The summed E-state index contributed by atoms with van der Waals surface area (Å²) < 4.78 is 5.68. The summed E-state index contributed by atoms with van der Waals surface area (Å²) in [5.41, 5.74) is -0.0639. The first-order valence-corrected chi connectivity index (χ1v) is 6.13. The molecule has 1 aliphatic rings. The molecule has 1 aliphatic heterocycles. The van der Waals surface area contributed by atoms with Crippen molar-refractivity contribution in [2.75, 3.05) is 5.32 Å². The second-order valence-electron chi connectivity index (χ2n) is 4.98. The fraction of sp³-hybridized carbons (Fsp3) is 0.417. The number of halogens is 1. The van der Waals surface area contributed by atoms with Gasteiger partial charge in [-0.1, -0.05) is 11.6 Å². The van der Waals surface area contributed by atoms with E-state index in [2.05, 4.69) is 34.3 Å². The Balaban J connectivity index is 1.91. The summed E-state index contributed by atoms with van der Waals surface area (Å²) in [5, 5.41) is 13.3. The quantitative estimate of drug-likeness (QED) is 0.903. The Bertz CT molecular complexity index is 594. The van der Waals surface area contributed by atoms with Gasteiger partial charge in [-0.3, -0.25) is 4.98 Å². The van der Waals surface area contributed by atoms with E-state index in [-0.39, 0.29) is 11.8 Å². The largest absolute Gasteiger partial charge is 0.352 e. The van der Waals surface area contributed by atoms with Gasteiger partial charge in [0.15, 0.2) is 11.0 Å². The molecule has 1 atom stereocenters. The standard InChI is InChI=1S/C12H13ClN4O/c1-12(2)5-9(18-12)15-11-8-6-14-4-3-7(8)10(13)16-17-11/h3-4,6,9H,5H2,1-2H3,(H,15,17). The van der Waals surface area contributed by atoms with Gasteiger partial charge in [-0.25, -0.2) is 0 Å². The first kappa shape index (κ1) is 11.6. The van der Waals surface area contributed by atoms with Gasteiger partial charge in [0.2, 0.25) is 0 Å². The molecular formula is C12H13ClN4O. The molecule has 5 nitrogen and oxygen atoms in total. The first-order valence-electron chi connectivity index (χ1n) is 5.75. The zero-order chi connectivity index (χ0) is 12.8. The van der Waals surface area contributed by atoms with Crippen molar-refractivity contribution in [2.45, 2.75) is 32.1 Å². The van der Waals surface area contributed by atoms with Crippen LogP contribution in [0.3, 0.4) is 0 Å². The summed E-state index contributed by atoms with van der Waals surface area (Å²) in [7, 11) is 0. The third-order valence-electron chi connectivity index (χ3n) is 2.97. The Kier molecular flexibility index (Phi) is 2.60. The molecule has 94 valence electrons. The topological polar surface area (TPSA) is 59.9 Å². The van der Waals surface area contributed by atoms with Crippen LogP contribution in [0.2, 0.25) is 5.15 Å². The first-order chi connectivity index (χ1) is 8.55. The number of nitrogens with one attached hydrogen (secondary N) is 1. The van der Waals surface area contributed by atoms with Crippen LogP contribution >= 0.6 is 11.6 Å². The maximum Gasteiger partial charge on any atom is 0.160 e. The summed E-state index contributed by atoms with van der Waals surface area (Å²) in [5.74, 6) is 0.656. The highest BCUT2D eigenvalue weighted by molar-refractivity contribution is 6.34. The van der Waals surface area contributed by atoms with Crippen LogP contribution in [0.25, 0.3) is 10.8 Å². The maximum absolute atomic E-state index is 6.00. The average molecular weight is 265 g/mol. The molecule has 0 amide bonds. The Morgan fingerprint density at radius 1 is 1.39 bits per heavy atom. The van der Waals surface area contributed by atoms with Crippen LogP contribution in [0.4, 0.5) is 5.82 Å². The fourth-order valence-electron chi connectivity index (χ4n) is 2.13. The lowest BCUT2D eigenvalue weighted by Gasteiger charge is -2.43. The van der Waals surface area contributed by atoms with Gasteiger partial charge >= 0.3 is 0 Å². The van der Waals surface area contributed by atoms with Crippen LogP contribution < -0.4 is 5.32 Å². The van der Waals surface area contributed by atoms with E-state index >= 15 is 0 Å². The van der Waals surface area contributed by atoms with Crippen molar-refractivity contribution in [1.82, 2.24) is 15.2 Å². The van der Waals surface area contributed by atoms with E-state index < -0.39 is 0 Å². The van der Waals surface area contributed by atoms with Crippen molar-refractivity contribution in [3.05, 3.63) is 23.6 Å².